The number of ether oxygens (including phenoxy) is 2. The molecule has 2 fully saturated rings. The zero-order valence-electron chi connectivity index (χ0n) is 14.7. The Morgan fingerprint density at radius 2 is 2.00 bits per heavy atom. The molecule has 3 N–H and O–H groups in total. The van der Waals surface area contributed by atoms with Gasteiger partial charge in [0, 0.05) is 19.0 Å². The third-order valence-corrected chi connectivity index (χ3v) is 5.21. The van der Waals surface area contributed by atoms with Crippen LogP contribution in [0.2, 0.25) is 0 Å². The Balaban J connectivity index is 1.41. The number of aliphatic hydroxyl groups excluding tert-OH is 1. The quantitative estimate of drug-likeness (QED) is 0.690. The van der Waals surface area contributed by atoms with Crippen molar-refractivity contribution in [1.29, 1.82) is 0 Å². The van der Waals surface area contributed by atoms with Gasteiger partial charge >= 0.3 is 0 Å². The van der Waals surface area contributed by atoms with Crippen LogP contribution in [0.1, 0.15) is 31.2 Å². The van der Waals surface area contributed by atoms with E-state index in [0.717, 1.165) is 37.0 Å². The number of carbonyl (C=O) groups excluding carboxylic acids is 1. The Morgan fingerprint density at radius 1 is 1.28 bits per heavy atom. The molecule has 6 nitrogen and oxygen atoms in total. The van der Waals surface area contributed by atoms with Crippen molar-refractivity contribution in [2.45, 2.75) is 50.5 Å². The van der Waals surface area contributed by atoms with Crippen LogP contribution in [0.3, 0.4) is 0 Å². The summed E-state index contributed by atoms with van der Waals surface area (Å²) in [6, 6.07) is 7.69. The molecule has 0 bridgehead atoms. The van der Waals surface area contributed by atoms with Gasteiger partial charge in [-0.15, -0.1) is 0 Å². The first-order valence-electron chi connectivity index (χ1n) is 9.11. The summed E-state index contributed by atoms with van der Waals surface area (Å²) >= 11 is 0. The van der Waals surface area contributed by atoms with Gasteiger partial charge in [0.15, 0.2) is 0 Å². The number of methoxy groups -OCH3 is 1. The highest BCUT2D eigenvalue weighted by Crippen LogP contribution is 2.24. The summed E-state index contributed by atoms with van der Waals surface area (Å²) < 4.78 is 10.8. The average Bonchev–Trinajstić information content (AvgIpc) is 3.29. The summed E-state index contributed by atoms with van der Waals surface area (Å²) in [5.41, 5.74) is 1.12. The van der Waals surface area contributed by atoms with Crippen molar-refractivity contribution in [2.24, 2.45) is 5.92 Å². The fourth-order valence-corrected chi connectivity index (χ4v) is 3.57. The van der Waals surface area contributed by atoms with Crippen molar-refractivity contribution < 1.29 is 19.4 Å². The molecule has 0 spiro atoms. The van der Waals surface area contributed by atoms with Crippen molar-refractivity contribution in [2.75, 3.05) is 20.3 Å². The number of benzene rings is 1. The maximum absolute atomic E-state index is 12.1. The van der Waals surface area contributed by atoms with Crippen LogP contribution in [-0.4, -0.2) is 49.5 Å². The van der Waals surface area contributed by atoms with Crippen molar-refractivity contribution in [3.8, 4) is 5.75 Å². The molecular formula is C19H28N2O4. The van der Waals surface area contributed by atoms with Crippen molar-refractivity contribution in [1.82, 2.24) is 10.6 Å². The van der Waals surface area contributed by atoms with Crippen LogP contribution < -0.4 is 15.4 Å². The van der Waals surface area contributed by atoms with Crippen molar-refractivity contribution in [3.05, 3.63) is 29.8 Å². The first kappa shape index (κ1) is 18.2. The van der Waals surface area contributed by atoms with Gasteiger partial charge in [-0.2, -0.15) is 0 Å². The normalized spacial score (nSPS) is 26.7. The van der Waals surface area contributed by atoms with Crippen LogP contribution in [0.25, 0.3) is 0 Å². The maximum Gasteiger partial charge on any atom is 0.223 e. The molecule has 25 heavy (non-hydrogen) atoms. The Kier molecular flexibility index (Phi) is 6.29. The van der Waals surface area contributed by atoms with E-state index in [4.69, 9.17) is 9.47 Å². The maximum atomic E-state index is 12.1. The van der Waals surface area contributed by atoms with E-state index < -0.39 is 6.10 Å². The monoisotopic (exact) mass is 348 g/mol. The SMILES string of the molecule is COc1ccc(CNC2COC(CNC(=O)C3CCCC3)C2O)cc1. The van der Waals surface area contributed by atoms with E-state index in [1.54, 1.807) is 7.11 Å². The molecule has 3 atom stereocenters. The second-order valence-corrected chi connectivity index (χ2v) is 6.92. The van der Waals surface area contributed by atoms with E-state index in [-0.39, 0.29) is 24.0 Å². The van der Waals surface area contributed by atoms with Gasteiger partial charge in [-0.1, -0.05) is 25.0 Å². The minimum atomic E-state index is -0.623. The summed E-state index contributed by atoms with van der Waals surface area (Å²) in [6.45, 7) is 1.47. The molecule has 6 heteroatoms. The molecule has 3 unspecified atom stereocenters. The van der Waals surface area contributed by atoms with Crippen LogP contribution in [-0.2, 0) is 16.1 Å². The number of nitrogens with one attached hydrogen (secondary N) is 2. The minimum Gasteiger partial charge on any atom is -0.497 e. The molecule has 1 aliphatic heterocycles. The Hall–Kier alpha value is -1.63. The largest absolute Gasteiger partial charge is 0.497 e. The standard InChI is InChI=1S/C19H28N2O4/c1-24-15-8-6-13(7-9-15)10-20-16-12-25-17(18(16)22)11-21-19(23)14-4-2-3-5-14/h6-9,14,16-18,20,22H,2-5,10-12H2,1H3,(H,21,23). The molecule has 3 rings (SSSR count). The van der Waals surface area contributed by atoms with Gasteiger partial charge in [0.05, 0.1) is 25.9 Å². The highest BCUT2D eigenvalue weighted by molar-refractivity contribution is 5.78. The van der Waals surface area contributed by atoms with Crippen molar-refractivity contribution >= 4 is 5.91 Å². The molecular weight excluding hydrogens is 320 g/mol. The van der Waals surface area contributed by atoms with E-state index >= 15 is 0 Å². The number of rotatable bonds is 7. The molecule has 0 aromatic heterocycles. The van der Waals surface area contributed by atoms with E-state index in [9.17, 15) is 9.90 Å². The zero-order chi connectivity index (χ0) is 17.6. The molecule has 2 aliphatic rings. The second kappa shape index (κ2) is 8.65. The Labute approximate surface area is 148 Å². The lowest BCUT2D eigenvalue weighted by Gasteiger charge is -2.20. The van der Waals surface area contributed by atoms with Gasteiger partial charge in [0.2, 0.25) is 5.91 Å². The third-order valence-electron chi connectivity index (χ3n) is 5.21. The molecule has 138 valence electrons. The minimum absolute atomic E-state index is 0.0999. The van der Waals surface area contributed by atoms with Crippen LogP contribution >= 0.6 is 0 Å². The van der Waals surface area contributed by atoms with E-state index in [1.165, 1.54) is 0 Å². The van der Waals surface area contributed by atoms with Gasteiger partial charge in [0.25, 0.3) is 0 Å². The smallest absolute Gasteiger partial charge is 0.223 e. The summed E-state index contributed by atoms with van der Waals surface area (Å²) in [6.07, 6.45) is 3.26. The van der Waals surface area contributed by atoms with E-state index in [1.807, 2.05) is 24.3 Å². The van der Waals surface area contributed by atoms with Crippen LogP contribution in [0.4, 0.5) is 0 Å². The molecule has 1 saturated heterocycles. The van der Waals surface area contributed by atoms with Gasteiger partial charge in [-0.3, -0.25) is 4.79 Å². The molecule has 1 heterocycles. The molecule has 1 aromatic carbocycles. The van der Waals surface area contributed by atoms with Crippen molar-refractivity contribution in [3.63, 3.8) is 0 Å². The fourth-order valence-electron chi connectivity index (χ4n) is 3.57. The number of hydrogen-bond acceptors (Lipinski definition) is 5. The average molecular weight is 348 g/mol. The lowest BCUT2D eigenvalue weighted by Crippen LogP contribution is -2.45. The first-order chi connectivity index (χ1) is 12.2. The van der Waals surface area contributed by atoms with Gasteiger partial charge < -0.3 is 25.2 Å². The summed E-state index contributed by atoms with van der Waals surface area (Å²) in [7, 11) is 1.64. The van der Waals surface area contributed by atoms with Crippen LogP contribution in [0.5, 0.6) is 5.75 Å². The molecule has 1 aromatic rings. The zero-order valence-corrected chi connectivity index (χ0v) is 14.7. The summed E-state index contributed by atoms with van der Waals surface area (Å²) in [5.74, 6) is 1.07. The van der Waals surface area contributed by atoms with E-state index in [2.05, 4.69) is 10.6 Å². The number of amides is 1. The third kappa shape index (κ3) is 4.71. The van der Waals surface area contributed by atoms with Crippen LogP contribution in [0, 0.1) is 5.92 Å². The Morgan fingerprint density at radius 3 is 2.68 bits per heavy atom. The lowest BCUT2D eigenvalue weighted by atomic mass is 10.1. The van der Waals surface area contributed by atoms with Crippen LogP contribution in [0.15, 0.2) is 24.3 Å². The Bertz CT molecular complexity index is 557. The number of carbonyl (C=O) groups is 1. The second-order valence-electron chi connectivity index (χ2n) is 6.92. The lowest BCUT2D eigenvalue weighted by molar-refractivity contribution is -0.125. The fraction of sp³-hybridized carbons (Fsp3) is 0.632. The highest BCUT2D eigenvalue weighted by Gasteiger charge is 2.36. The van der Waals surface area contributed by atoms with E-state index in [0.29, 0.717) is 19.7 Å². The highest BCUT2D eigenvalue weighted by atomic mass is 16.5. The first-order valence-corrected chi connectivity index (χ1v) is 9.11. The van der Waals surface area contributed by atoms with Gasteiger partial charge in [0.1, 0.15) is 11.9 Å². The predicted molar refractivity (Wildman–Crippen MR) is 94.3 cm³/mol. The molecule has 1 aliphatic carbocycles. The van der Waals surface area contributed by atoms with Gasteiger partial charge in [-0.05, 0) is 30.5 Å². The molecule has 1 saturated carbocycles. The van der Waals surface area contributed by atoms with Gasteiger partial charge in [-0.25, -0.2) is 0 Å². The number of hydrogen-bond donors (Lipinski definition) is 3. The number of aliphatic hydroxyl groups is 1. The summed E-state index contributed by atoms with van der Waals surface area (Å²) in [4.78, 5) is 12.1. The molecule has 1 amide bonds. The predicted octanol–water partition coefficient (Wildman–Crippen LogP) is 1.22. The molecule has 0 radical (unpaired) electrons. The topological polar surface area (TPSA) is 79.8 Å². The summed E-state index contributed by atoms with van der Waals surface area (Å²) in [5, 5.41) is 16.7.